The third-order valence-electron chi connectivity index (χ3n) is 5.66. The standard InChI is InChI=1S/C27H20F2O5S2/c1-35(31,32)19-13-9-17(10-14-19)25-21(5-3-7-23(25)28)27(30)22-6-4-8-24(29)26(22)18-11-15-20(16-12-18)36(2,33)34/h3-16H,1-2H3. The van der Waals surface area contributed by atoms with Crippen molar-refractivity contribution in [3.8, 4) is 22.3 Å². The highest BCUT2D eigenvalue weighted by molar-refractivity contribution is 7.91. The first-order valence-corrected chi connectivity index (χ1v) is 14.4. The number of benzene rings is 4. The van der Waals surface area contributed by atoms with Crippen LogP contribution in [0.3, 0.4) is 0 Å². The van der Waals surface area contributed by atoms with E-state index in [9.17, 15) is 21.6 Å². The van der Waals surface area contributed by atoms with E-state index in [-0.39, 0.29) is 43.2 Å². The molecular formula is C27H20F2O5S2. The summed E-state index contributed by atoms with van der Waals surface area (Å²) in [7, 11) is -6.95. The van der Waals surface area contributed by atoms with Crippen molar-refractivity contribution in [2.45, 2.75) is 9.79 Å². The molecule has 0 saturated carbocycles. The van der Waals surface area contributed by atoms with Crippen LogP contribution in [-0.2, 0) is 19.7 Å². The number of rotatable bonds is 6. The number of carbonyl (C=O) groups is 1. The highest BCUT2D eigenvalue weighted by Gasteiger charge is 2.23. The molecule has 184 valence electrons. The van der Waals surface area contributed by atoms with E-state index in [1.165, 1.54) is 84.9 Å². The van der Waals surface area contributed by atoms with Gasteiger partial charge in [-0.3, -0.25) is 4.79 Å². The van der Waals surface area contributed by atoms with Crippen LogP contribution in [0.4, 0.5) is 8.78 Å². The van der Waals surface area contributed by atoms with Crippen LogP contribution in [0.15, 0.2) is 94.7 Å². The molecule has 0 saturated heterocycles. The molecule has 0 fully saturated rings. The van der Waals surface area contributed by atoms with Gasteiger partial charge < -0.3 is 0 Å². The maximum atomic E-state index is 15.0. The molecular weight excluding hydrogens is 506 g/mol. The van der Waals surface area contributed by atoms with E-state index in [1.54, 1.807) is 0 Å². The van der Waals surface area contributed by atoms with E-state index in [4.69, 9.17) is 0 Å². The largest absolute Gasteiger partial charge is 0.289 e. The molecule has 0 atom stereocenters. The summed E-state index contributed by atoms with van der Waals surface area (Å²) in [6, 6.07) is 18.8. The summed E-state index contributed by atoms with van der Waals surface area (Å²) in [4.78, 5) is 13.8. The SMILES string of the molecule is CS(=O)(=O)c1ccc(-c2c(F)cccc2C(=O)c2cccc(F)c2-c2ccc(S(C)(=O)=O)cc2)cc1. The lowest BCUT2D eigenvalue weighted by atomic mass is 9.89. The first-order valence-electron chi connectivity index (χ1n) is 10.6. The first-order chi connectivity index (χ1) is 16.9. The summed E-state index contributed by atoms with van der Waals surface area (Å²) in [5, 5.41) is 0. The number of carbonyl (C=O) groups excluding carboxylic acids is 1. The molecule has 0 radical (unpaired) electrons. The van der Waals surface area contributed by atoms with Crippen molar-refractivity contribution in [3.63, 3.8) is 0 Å². The number of sulfone groups is 2. The molecule has 0 aromatic heterocycles. The lowest BCUT2D eigenvalue weighted by molar-refractivity contribution is 0.103. The van der Waals surface area contributed by atoms with Crippen LogP contribution in [0.5, 0.6) is 0 Å². The van der Waals surface area contributed by atoms with Crippen LogP contribution < -0.4 is 0 Å². The minimum Gasteiger partial charge on any atom is -0.289 e. The van der Waals surface area contributed by atoms with Crippen molar-refractivity contribution >= 4 is 25.5 Å². The van der Waals surface area contributed by atoms with Gasteiger partial charge in [-0.05, 0) is 47.5 Å². The van der Waals surface area contributed by atoms with Gasteiger partial charge in [0.2, 0.25) is 0 Å². The molecule has 0 heterocycles. The Labute approximate surface area is 207 Å². The van der Waals surface area contributed by atoms with Gasteiger partial charge in [-0.15, -0.1) is 0 Å². The zero-order valence-electron chi connectivity index (χ0n) is 19.2. The summed E-state index contributed by atoms with van der Waals surface area (Å²) in [5.74, 6) is -2.06. The lowest BCUT2D eigenvalue weighted by Gasteiger charge is -2.14. The van der Waals surface area contributed by atoms with Crippen molar-refractivity contribution in [3.05, 3.63) is 108 Å². The molecule has 0 N–H and O–H groups in total. The fourth-order valence-electron chi connectivity index (χ4n) is 3.90. The molecule has 0 aliphatic rings. The van der Waals surface area contributed by atoms with Crippen LogP contribution in [0, 0.1) is 11.6 Å². The highest BCUT2D eigenvalue weighted by atomic mass is 32.2. The van der Waals surface area contributed by atoms with E-state index in [0.29, 0.717) is 0 Å². The summed E-state index contributed by atoms with van der Waals surface area (Å²) in [6.07, 6.45) is 2.10. The number of hydrogen-bond acceptors (Lipinski definition) is 5. The zero-order valence-corrected chi connectivity index (χ0v) is 20.8. The highest BCUT2D eigenvalue weighted by Crippen LogP contribution is 2.34. The Morgan fingerprint density at radius 3 is 1.19 bits per heavy atom. The average Bonchev–Trinajstić information content (AvgIpc) is 2.82. The first kappa shape index (κ1) is 25.4. The van der Waals surface area contributed by atoms with E-state index in [0.717, 1.165) is 12.5 Å². The normalized spacial score (nSPS) is 11.9. The van der Waals surface area contributed by atoms with E-state index in [1.807, 2.05) is 0 Å². The average molecular weight is 527 g/mol. The molecule has 0 amide bonds. The molecule has 0 bridgehead atoms. The van der Waals surface area contributed by atoms with Crippen LogP contribution in [0.2, 0.25) is 0 Å². The zero-order chi connectivity index (χ0) is 26.3. The van der Waals surface area contributed by atoms with Crippen molar-refractivity contribution in [2.75, 3.05) is 12.5 Å². The Hall–Kier alpha value is -3.69. The number of hydrogen-bond donors (Lipinski definition) is 0. The second-order valence-corrected chi connectivity index (χ2v) is 12.3. The van der Waals surface area contributed by atoms with Crippen molar-refractivity contribution in [1.82, 2.24) is 0 Å². The second kappa shape index (κ2) is 9.40. The number of halogens is 2. The fraction of sp³-hybridized carbons (Fsp3) is 0.0741. The summed E-state index contributed by atoms with van der Waals surface area (Å²) >= 11 is 0. The Kier molecular flexibility index (Phi) is 6.64. The van der Waals surface area contributed by atoms with Gasteiger partial charge in [0.05, 0.1) is 9.79 Å². The van der Waals surface area contributed by atoms with Gasteiger partial charge in [-0.1, -0.05) is 48.5 Å². The van der Waals surface area contributed by atoms with Gasteiger partial charge in [-0.2, -0.15) is 0 Å². The van der Waals surface area contributed by atoms with Gasteiger partial charge >= 0.3 is 0 Å². The van der Waals surface area contributed by atoms with Gasteiger partial charge in [0.1, 0.15) is 11.6 Å². The smallest absolute Gasteiger partial charge is 0.194 e. The monoisotopic (exact) mass is 526 g/mol. The minimum atomic E-state index is -3.47. The van der Waals surface area contributed by atoms with E-state index < -0.39 is 37.1 Å². The fourth-order valence-corrected chi connectivity index (χ4v) is 5.16. The predicted molar refractivity (Wildman–Crippen MR) is 133 cm³/mol. The molecule has 4 aromatic carbocycles. The van der Waals surface area contributed by atoms with Crippen molar-refractivity contribution in [2.24, 2.45) is 0 Å². The second-order valence-electron chi connectivity index (χ2n) is 8.25. The van der Waals surface area contributed by atoms with Gasteiger partial charge in [0.25, 0.3) is 0 Å². The molecule has 5 nitrogen and oxygen atoms in total. The van der Waals surface area contributed by atoms with Crippen molar-refractivity contribution in [1.29, 1.82) is 0 Å². The third kappa shape index (κ3) is 4.98. The summed E-state index contributed by atoms with van der Waals surface area (Å²) < 4.78 is 77.2. The Balaban J connectivity index is 1.86. The minimum absolute atomic E-state index is 0.0401. The van der Waals surface area contributed by atoms with E-state index >= 15 is 8.78 Å². The number of ketones is 1. The molecule has 36 heavy (non-hydrogen) atoms. The van der Waals surface area contributed by atoms with Crippen LogP contribution in [0.25, 0.3) is 22.3 Å². The molecule has 0 aliphatic heterocycles. The molecule has 0 aliphatic carbocycles. The topological polar surface area (TPSA) is 85.3 Å². The molecule has 4 aromatic rings. The molecule has 0 spiro atoms. The quantitative estimate of drug-likeness (QED) is 0.317. The van der Waals surface area contributed by atoms with Gasteiger partial charge in [0.15, 0.2) is 25.5 Å². The Bertz CT molecular complexity index is 1570. The van der Waals surface area contributed by atoms with Crippen LogP contribution >= 0.6 is 0 Å². The van der Waals surface area contributed by atoms with Gasteiger partial charge in [0, 0.05) is 34.8 Å². The maximum Gasteiger partial charge on any atom is 0.194 e. The van der Waals surface area contributed by atoms with Crippen LogP contribution in [0.1, 0.15) is 15.9 Å². The van der Waals surface area contributed by atoms with E-state index in [2.05, 4.69) is 0 Å². The molecule has 4 rings (SSSR count). The summed E-state index contributed by atoms with van der Waals surface area (Å²) in [6.45, 7) is 0. The lowest BCUT2D eigenvalue weighted by Crippen LogP contribution is -2.08. The van der Waals surface area contributed by atoms with Gasteiger partial charge in [-0.25, -0.2) is 25.6 Å². The molecule has 0 unspecified atom stereocenters. The maximum absolute atomic E-state index is 15.0. The Morgan fingerprint density at radius 1 is 0.556 bits per heavy atom. The molecule has 9 heteroatoms. The van der Waals surface area contributed by atoms with Crippen LogP contribution in [-0.4, -0.2) is 35.1 Å². The Morgan fingerprint density at radius 2 is 0.889 bits per heavy atom. The third-order valence-corrected chi connectivity index (χ3v) is 7.92. The van der Waals surface area contributed by atoms with Crippen molar-refractivity contribution < 1.29 is 30.4 Å². The predicted octanol–water partition coefficient (Wildman–Crippen LogP) is 5.34. The summed E-state index contributed by atoms with van der Waals surface area (Å²) in [5.41, 5.74) is 0.373.